The Bertz CT molecular complexity index is 819. The lowest BCUT2D eigenvalue weighted by atomic mass is 9.95. The van der Waals surface area contributed by atoms with E-state index in [0.717, 1.165) is 16.4 Å². The molecule has 0 N–H and O–H groups in total. The molecule has 0 saturated heterocycles. The molecule has 0 aliphatic heterocycles. The summed E-state index contributed by atoms with van der Waals surface area (Å²) in [5.74, 6) is 0. The zero-order valence-electron chi connectivity index (χ0n) is 14.9. The van der Waals surface area contributed by atoms with Crippen LogP contribution in [-0.2, 0) is 0 Å². The van der Waals surface area contributed by atoms with Crippen molar-refractivity contribution in [1.82, 2.24) is 0 Å². The lowest BCUT2D eigenvalue weighted by Gasteiger charge is -2.17. The van der Waals surface area contributed by atoms with Gasteiger partial charge in [-0.1, -0.05) is 99.3 Å². The number of benzene rings is 3. The molecular formula is C22H21Cl2P. The standard InChI is InChI=1S/C22H21Cl2P/c1-14-8-15(2)11-18(10-14)20-6-5-7-21(22(20)25(23)24)19-12-16(3)9-17(4)13-19/h5-13H,1-4H3. The van der Waals surface area contributed by atoms with Gasteiger partial charge in [-0.05, 0) is 49.9 Å². The molecule has 0 atom stereocenters. The van der Waals surface area contributed by atoms with Crippen molar-refractivity contribution in [3.05, 3.63) is 76.9 Å². The molecule has 0 fully saturated rings. The van der Waals surface area contributed by atoms with E-state index in [1.807, 2.05) is 0 Å². The fraction of sp³-hybridized carbons (Fsp3) is 0.182. The minimum absolute atomic E-state index is 1.04. The summed E-state index contributed by atoms with van der Waals surface area (Å²) in [5.41, 5.74) is 9.56. The molecule has 3 rings (SSSR count). The lowest BCUT2D eigenvalue weighted by molar-refractivity contribution is 1.38. The molecule has 0 saturated carbocycles. The first kappa shape index (κ1) is 18.5. The highest BCUT2D eigenvalue weighted by Gasteiger charge is 2.18. The highest BCUT2D eigenvalue weighted by molar-refractivity contribution is 8.09. The van der Waals surface area contributed by atoms with Crippen molar-refractivity contribution in [2.75, 3.05) is 0 Å². The Morgan fingerprint density at radius 3 is 1.28 bits per heavy atom. The largest absolute Gasteiger partial charge is 0.118 e. The molecule has 0 heterocycles. The van der Waals surface area contributed by atoms with Crippen LogP contribution in [0.5, 0.6) is 0 Å². The molecular weight excluding hydrogens is 366 g/mol. The maximum absolute atomic E-state index is 6.50. The number of hydrogen-bond donors (Lipinski definition) is 0. The summed E-state index contributed by atoms with van der Waals surface area (Å²) >= 11 is 13.0. The van der Waals surface area contributed by atoms with Crippen molar-refractivity contribution >= 4 is 34.4 Å². The molecule has 0 unspecified atom stereocenters. The SMILES string of the molecule is Cc1cc(C)cc(-c2cccc(-c3cc(C)cc(C)c3)c2P(Cl)Cl)c1. The minimum atomic E-state index is -1.28. The van der Waals surface area contributed by atoms with Gasteiger partial charge in [0.15, 0.2) is 0 Å². The molecule has 3 aromatic rings. The van der Waals surface area contributed by atoms with Gasteiger partial charge in [0.2, 0.25) is 0 Å². The number of hydrogen-bond acceptors (Lipinski definition) is 0. The van der Waals surface area contributed by atoms with E-state index in [-0.39, 0.29) is 0 Å². The predicted octanol–water partition coefficient (Wildman–Crippen LogP) is 7.67. The molecule has 0 aliphatic rings. The van der Waals surface area contributed by atoms with Crippen LogP contribution >= 0.6 is 29.1 Å². The summed E-state index contributed by atoms with van der Waals surface area (Å²) in [5, 5.41) is 1.04. The van der Waals surface area contributed by atoms with Gasteiger partial charge in [-0.25, -0.2) is 0 Å². The van der Waals surface area contributed by atoms with Gasteiger partial charge in [0.05, 0.1) is 0 Å². The molecule has 128 valence electrons. The Morgan fingerprint density at radius 1 is 0.600 bits per heavy atom. The molecule has 0 spiro atoms. The van der Waals surface area contributed by atoms with Crippen molar-refractivity contribution in [1.29, 1.82) is 0 Å². The highest BCUT2D eigenvalue weighted by Crippen LogP contribution is 2.50. The fourth-order valence-corrected chi connectivity index (χ4v) is 5.32. The van der Waals surface area contributed by atoms with Gasteiger partial charge in [-0.2, -0.15) is 0 Å². The third-order valence-electron chi connectivity index (χ3n) is 4.27. The van der Waals surface area contributed by atoms with Crippen molar-refractivity contribution in [2.24, 2.45) is 0 Å². The van der Waals surface area contributed by atoms with Crippen LogP contribution in [0.25, 0.3) is 22.3 Å². The van der Waals surface area contributed by atoms with Gasteiger partial charge in [-0.3, -0.25) is 0 Å². The van der Waals surface area contributed by atoms with Crippen molar-refractivity contribution in [2.45, 2.75) is 27.7 Å². The van der Waals surface area contributed by atoms with E-state index in [2.05, 4.69) is 82.3 Å². The number of halogens is 2. The van der Waals surface area contributed by atoms with Crippen LogP contribution in [0.1, 0.15) is 22.3 Å². The Balaban J connectivity index is 2.28. The van der Waals surface area contributed by atoms with E-state index in [4.69, 9.17) is 22.5 Å². The second-order valence-corrected chi connectivity index (χ2v) is 10.1. The summed E-state index contributed by atoms with van der Waals surface area (Å²) in [7, 11) is 0. The topological polar surface area (TPSA) is 0 Å². The maximum atomic E-state index is 6.50. The predicted molar refractivity (Wildman–Crippen MR) is 115 cm³/mol. The third-order valence-corrected chi connectivity index (χ3v) is 6.10. The van der Waals surface area contributed by atoms with E-state index < -0.39 is 6.63 Å². The summed E-state index contributed by atoms with van der Waals surface area (Å²) in [6.45, 7) is 7.20. The molecule has 3 heteroatoms. The molecule has 0 bridgehead atoms. The van der Waals surface area contributed by atoms with Crippen LogP contribution in [-0.4, -0.2) is 0 Å². The highest BCUT2D eigenvalue weighted by atomic mass is 35.9. The summed E-state index contributed by atoms with van der Waals surface area (Å²) in [6, 6.07) is 19.5. The van der Waals surface area contributed by atoms with Gasteiger partial charge in [-0.15, -0.1) is 0 Å². The Hall–Kier alpha value is -1.33. The second-order valence-electron chi connectivity index (χ2n) is 6.69. The Kier molecular flexibility index (Phi) is 5.54. The monoisotopic (exact) mass is 386 g/mol. The lowest BCUT2D eigenvalue weighted by Crippen LogP contribution is -2.06. The van der Waals surface area contributed by atoms with E-state index >= 15 is 0 Å². The summed E-state index contributed by atoms with van der Waals surface area (Å²) in [6.07, 6.45) is 0. The van der Waals surface area contributed by atoms with Crippen molar-refractivity contribution in [3.8, 4) is 22.3 Å². The molecule has 0 amide bonds. The van der Waals surface area contributed by atoms with Gasteiger partial charge in [0.1, 0.15) is 6.63 Å². The Labute approximate surface area is 161 Å². The smallest absolute Gasteiger partial charge is 0.0727 e. The van der Waals surface area contributed by atoms with Gasteiger partial charge in [0, 0.05) is 5.30 Å². The normalized spacial score (nSPS) is 11.2. The number of rotatable bonds is 3. The minimum Gasteiger partial charge on any atom is -0.0727 e. The first-order valence-electron chi connectivity index (χ1n) is 8.27. The summed E-state index contributed by atoms with van der Waals surface area (Å²) < 4.78 is 0. The van der Waals surface area contributed by atoms with Crippen LogP contribution in [0.4, 0.5) is 0 Å². The van der Waals surface area contributed by atoms with Gasteiger partial charge >= 0.3 is 0 Å². The van der Waals surface area contributed by atoms with Crippen molar-refractivity contribution < 1.29 is 0 Å². The quantitative estimate of drug-likeness (QED) is 0.405. The van der Waals surface area contributed by atoms with Crippen LogP contribution in [0.15, 0.2) is 54.6 Å². The molecule has 25 heavy (non-hydrogen) atoms. The van der Waals surface area contributed by atoms with E-state index in [1.165, 1.54) is 33.4 Å². The van der Waals surface area contributed by atoms with E-state index in [0.29, 0.717) is 0 Å². The molecule has 0 aromatic heterocycles. The fourth-order valence-electron chi connectivity index (χ4n) is 3.45. The zero-order chi connectivity index (χ0) is 18.1. The van der Waals surface area contributed by atoms with Crippen LogP contribution in [0.2, 0.25) is 0 Å². The first-order valence-corrected chi connectivity index (χ1v) is 11.4. The molecule has 0 aliphatic carbocycles. The van der Waals surface area contributed by atoms with Crippen LogP contribution < -0.4 is 5.30 Å². The second kappa shape index (κ2) is 7.50. The van der Waals surface area contributed by atoms with E-state index in [1.54, 1.807) is 0 Å². The molecule has 3 aromatic carbocycles. The van der Waals surface area contributed by atoms with E-state index in [9.17, 15) is 0 Å². The third kappa shape index (κ3) is 4.09. The van der Waals surface area contributed by atoms with Gasteiger partial charge < -0.3 is 0 Å². The number of aryl methyl sites for hydroxylation is 4. The van der Waals surface area contributed by atoms with Crippen LogP contribution in [0, 0.1) is 27.7 Å². The Morgan fingerprint density at radius 2 is 0.960 bits per heavy atom. The molecule has 0 radical (unpaired) electrons. The maximum Gasteiger partial charge on any atom is 0.118 e. The van der Waals surface area contributed by atoms with Gasteiger partial charge in [0.25, 0.3) is 0 Å². The average Bonchev–Trinajstić information content (AvgIpc) is 2.52. The average molecular weight is 387 g/mol. The first-order chi connectivity index (χ1) is 11.8. The van der Waals surface area contributed by atoms with Crippen LogP contribution in [0.3, 0.4) is 0 Å². The van der Waals surface area contributed by atoms with Crippen molar-refractivity contribution in [3.63, 3.8) is 0 Å². The molecule has 0 nitrogen and oxygen atoms in total. The zero-order valence-corrected chi connectivity index (χ0v) is 17.3. The summed E-state index contributed by atoms with van der Waals surface area (Å²) in [4.78, 5) is 0.